The minimum atomic E-state index is -1.05. The van der Waals surface area contributed by atoms with Gasteiger partial charge in [-0.2, -0.15) is 0 Å². The lowest BCUT2D eigenvalue weighted by molar-refractivity contribution is 0.0695. The maximum Gasteiger partial charge on any atom is 0.337 e. The fraction of sp³-hybridized carbons (Fsp3) is 0.188. The molecule has 0 aliphatic heterocycles. The van der Waals surface area contributed by atoms with Crippen molar-refractivity contribution in [2.45, 2.75) is 13.8 Å². The quantitative estimate of drug-likeness (QED) is 0.940. The number of benzene rings is 1. The first-order valence-corrected chi connectivity index (χ1v) is 6.46. The van der Waals surface area contributed by atoms with Crippen LogP contribution >= 0.6 is 0 Å². The van der Waals surface area contributed by atoms with Gasteiger partial charge in [-0.25, -0.2) is 9.78 Å². The van der Waals surface area contributed by atoms with Crippen molar-refractivity contribution in [2.75, 3.05) is 11.9 Å². The van der Waals surface area contributed by atoms with Crippen molar-refractivity contribution in [3.05, 3.63) is 58.9 Å². The van der Waals surface area contributed by atoms with Crippen LogP contribution in [0.4, 0.5) is 5.69 Å². The Balaban J connectivity index is 2.34. The second kappa shape index (κ2) is 5.75. The van der Waals surface area contributed by atoms with Gasteiger partial charge in [0.1, 0.15) is 5.69 Å². The minimum Gasteiger partial charge on any atom is -0.478 e. The van der Waals surface area contributed by atoms with Crippen LogP contribution in [0.3, 0.4) is 0 Å². The summed E-state index contributed by atoms with van der Waals surface area (Å²) in [5.74, 6) is -1.32. The van der Waals surface area contributed by atoms with Crippen LogP contribution in [0.5, 0.6) is 0 Å². The Morgan fingerprint density at radius 1 is 1.10 bits per heavy atom. The third-order valence-corrected chi connectivity index (χ3v) is 3.32. The lowest BCUT2D eigenvalue weighted by Gasteiger charge is -2.19. The van der Waals surface area contributed by atoms with Crippen molar-refractivity contribution in [2.24, 2.45) is 0 Å². The van der Waals surface area contributed by atoms with Crippen molar-refractivity contribution >= 4 is 17.6 Å². The largest absolute Gasteiger partial charge is 0.478 e. The monoisotopic (exact) mass is 284 g/mol. The molecule has 1 heterocycles. The first-order chi connectivity index (χ1) is 9.91. The third-order valence-electron chi connectivity index (χ3n) is 3.32. The van der Waals surface area contributed by atoms with E-state index in [1.54, 1.807) is 14.0 Å². The molecule has 2 aromatic rings. The highest BCUT2D eigenvalue weighted by Gasteiger charge is 2.18. The standard InChI is InChI=1S/C16H16N2O3/c1-10-6-4-5-7-14(10)18(3)15(19)13-9-8-12(16(20)21)11(2)17-13/h4-9H,1-3H3,(H,20,21). The van der Waals surface area contributed by atoms with Gasteiger partial charge in [0.25, 0.3) is 5.91 Å². The first-order valence-electron chi connectivity index (χ1n) is 6.46. The van der Waals surface area contributed by atoms with Crippen LogP contribution in [0.15, 0.2) is 36.4 Å². The number of carboxylic acid groups (broad SMARTS) is 1. The number of carbonyl (C=O) groups excluding carboxylic acids is 1. The zero-order chi connectivity index (χ0) is 15.6. The molecule has 5 nitrogen and oxygen atoms in total. The second-order valence-corrected chi connectivity index (χ2v) is 4.79. The molecule has 0 unspecified atom stereocenters. The molecule has 0 saturated heterocycles. The van der Waals surface area contributed by atoms with Crippen molar-refractivity contribution in [1.82, 2.24) is 4.98 Å². The van der Waals surface area contributed by atoms with Crippen LogP contribution in [-0.4, -0.2) is 29.0 Å². The van der Waals surface area contributed by atoms with Gasteiger partial charge in [-0.3, -0.25) is 4.79 Å². The van der Waals surface area contributed by atoms with Crippen LogP contribution in [0.1, 0.15) is 32.1 Å². The summed E-state index contributed by atoms with van der Waals surface area (Å²) in [6, 6.07) is 10.4. The van der Waals surface area contributed by atoms with Crippen LogP contribution in [-0.2, 0) is 0 Å². The molecule has 0 radical (unpaired) electrons. The number of aromatic carboxylic acids is 1. The molecule has 21 heavy (non-hydrogen) atoms. The van der Waals surface area contributed by atoms with Crippen LogP contribution < -0.4 is 4.90 Å². The van der Waals surface area contributed by atoms with Crippen molar-refractivity contribution in [1.29, 1.82) is 0 Å². The molecule has 5 heteroatoms. The van der Waals surface area contributed by atoms with Gasteiger partial charge >= 0.3 is 5.97 Å². The summed E-state index contributed by atoms with van der Waals surface area (Å²) in [5, 5.41) is 8.98. The van der Waals surface area contributed by atoms with Crippen LogP contribution in [0.2, 0.25) is 0 Å². The number of aromatic nitrogens is 1. The molecule has 1 aromatic heterocycles. The number of amides is 1. The first kappa shape index (κ1) is 14.7. The van der Waals surface area contributed by atoms with Gasteiger partial charge in [0.15, 0.2) is 0 Å². The number of pyridine rings is 1. The van der Waals surface area contributed by atoms with Gasteiger partial charge in [0, 0.05) is 12.7 Å². The highest BCUT2D eigenvalue weighted by molar-refractivity contribution is 6.05. The van der Waals surface area contributed by atoms with Crippen molar-refractivity contribution in [3.63, 3.8) is 0 Å². The van der Waals surface area contributed by atoms with Crippen molar-refractivity contribution in [3.8, 4) is 0 Å². The zero-order valence-corrected chi connectivity index (χ0v) is 12.1. The molecule has 1 N–H and O–H groups in total. The third kappa shape index (κ3) is 2.91. The van der Waals surface area contributed by atoms with E-state index in [4.69, 9.17) is 5.11 Å². The summed E-state index contributed by atoms with van der Waals surface area (Å²) in [6.45, 7) is 3.50. The van der Waals surface area contributed by atoms with Gasteiger partial charge in [-0.15, -0.1) is 0 Å². The molecule has 0 aliphatic carbocycles. The normalized spacial score (nSPS) is 10.2. The summed E-state index contributed by atoms with van der Waals surface area (Å²) in [5.41, 5.74) is 2.43. The Morgan fingerprint density at radius 2 is 1.76 bits per heavy atom. The van der Waals surface area contributed by atoms with Gasteiger partial charge in [-0.05, 0) is 37.6 Å². The lowest BCUT2D eigenvalue weighted by atomic mass is 10.1. The molecule has 108 valence electrons. The topological polar surface area (TPSA) is 70.5 Å². The van der Waals surface area contributed by atoms with E-state index in [1.807, 2.05) is 31.2 Å². The Morgan fingerprint density at radius 3 is 2.33 bits per heavy atom. The highest BCUT2D eigenvalue weighted by Crippen LogP contribution is 2.20. The van der Waals surface area contributed by atoms with E-state index >= 15 is 0 Å². The molecule has 1 aromatic carbocycles. The molecular weight excluding hydrogens is 268 g/mol. The Kier molecular flexibility index (Phi) is 4.03. The average molecular weight is 284 g/mol. The number of nitrogens with zero attached hydrogens (tertiary/aromatic N) is 2. The predicted octanol–water partition coefficient (Wildman–Crippen LogP) is 2.67. The highest BCUT2D eigenvalue weighted by atomic mass is 16.4. The number of carboxylic acids is 1. The molecular formula is C16H16N2O3. The van der Waals surface area contributed by atoms with E-state index in [0.29, 0.717) is 5.69 Å². The predicted molar refractivity (Wildman–Crippen MR) is 79.8 cm³/mol. The smallest absolute Gasteiger partial charge is 0.337 e. The fourth-order valence-corrected chi connectivity index (χ4v) is 2.13. The minimum absolute atomic E-state index is 0.102. The van der Waals surface area contributed by atoms with E-state index < -0.39 is 5.97 Å². The SMILES string of the molecule is Cc1ccccc1N(C)C(=O)c1ccc(C(=O)O)c(C)n1. The van der Waals surface area contributed by atoms with Crippen LogP contribution in [0.25, 0.3) is 0 Å². The fourth-order valence-electron chi connectivity index (χ4n) is 2.13. The van der Waals surface area contributed by atoms with Gasteiger partial charge in [0.05, 0.1) is 11.3 Å². The van der Waals surface area contributed by atoms with E-state index in [-0.39, 0.29) is 17.2 Å². The maximum atomic E-state index is 12.4. The van der Waals surface area contributed by atoms with Gasteiger partial charge in [0.2, 0.25) is 0 Å². The van der Waals surface area contributed by atoms with E-state index in [2.05, 4.69) is 4.98 Å². The molecule has 0 bridgehead atoms. The Labute approximate surface area is 122 Å². The van der Waals surface area contributed by atoms with Gasteiger partial charge < -0.3 is 10.0 Å². The molecule has 0 aliphatic rings. The van der Waals surface area contributed by atoms with E-state index in [9.17, 15) is 9.59 Å². The Hall–Kier alpha value is -2.69. The summed E-state index contributed by atoms with van der Waals surface area (Å²) < 4.78 is 0. The molecule has 0 fully saturated rings. The molecule has 0 saturated carbocycles. The maximum absolute atomic E-state index is 12.4. The summed E-state index contributed by atoms with van der Waals surface area (Å²) >= 11 is 0. The summed E-state index contributed by atoms with van der Waals surface area (Å²) in [7, 11) is 1.67. The summed E-state index contributed by atoms with van der Waals surface area (Å²) in [6.07, 6.45) is 0. The molecule has 2 rings (SSSR count). The van der Waals surface area contributed by atoms with E-state index in [1.165, 1.54) is 17.0 Å². The number of hydrogen-bond donors (Lipinski definition) is 1. The zero-order valence-electron chi connectivity index (χ0n) is 12.1. The molecule has 1 amide bonds. The number of para-hydroxylation sites is 1. The number of aryl methyl sites for hydroxylation is 2. The number of carbonyl (C=O) groups is 2. The summed E-state index contributed by atoms with van der Waals surface area (Å²) in [4.78, 5) is 29.0. The average Bonchev–Trinajstić information content (AvgIpc) is 2.45. The second-order valence-electron chi connectivity index (χ2n) is 4.79. The van der Waals surface area contributed by atoms with Crippen LogP contribution in [0, 0.1) is 13.8 Å². The molecule has 0 atom stereocenters. The lowest BCUT2D eigenvalue weighted by Crippen LogP contribution is -2.28. The Bertz CT molecular complexity index is 710. The number of anilines is 1. The number of hydrogen-bond acceptors (Lipinski definition) is 3. The van der Waals surface area contributed by atoms with E-state index in [0.717, 1.165) is 11.3 Å². The molecule has 0 spiro atoms. The van der Waals surface area contributed by atoms with Crippen molar-refractivity contribution < 1.29 is 14.7 Å². The number of rotatable bonds is 3. The van der Waals surface area contributed by atoms with Gasteiger partial charge in [-0.1, -0.05) is 18.2 Å².